The van der Waals surface area contributed by atoms with Crippen molar-refractivity contribution in [2.75, 3.05) is 11.9 Å². The number of nitrogens with one attached hydrogen (secondary N) is 1. The molecule has 6 heteroatoms. The van der Waals surface area contributed by atoms with Crippen LogP contribution < -0.4 is 5.32 Å². The molecule has 0 bridgehead atoms. The minimum atomic E-state index is -0.467. The van der Waals surface area contributed by atoms with Crippen molar-refractivity contribution in [3.8, 4) is 0 Å². The van der Waals surface area contributed by atoms with Crippen molar-refractivity contribution in [1.82, 2.24) is 9.97 Å². The highest BCUT2D eigenvalue weighted by atomic mass is 35.5. The molecule has 1 N–H and O–H groups in total. The van der Waals surface area contributed by atoms with E-state index in [4.69, 9.17) is 16.3 Å². The molecule has 0 amide bonds. The third-order valence-electron chi connectivity index (χ3n) is 3.41. The lowest BCUT2D eigenvalue weighted by Crippen LogP contribution is -2.32. The quantitative estimate of drug-likeness (QED) is 0.653. The molecule has 2 atom stereocenters. The summed E-state index contributed by atoms with van der Waals surface area (Å²) in [7, 11) is 0. The van der Waals surface area contributed by atoms with E-state index < -0.39 is 5.82 Å². The van der Waals surface area contributed by atoms with E-state index in [2.05, 4.69) is 15.3 Å². The highest BCUT2D eigenvalue weighted by molar-refractivity contribution is 6.28. The van der Waals surface area contributed by atoms with Crippen LogP contribution in [0.4, 0.5) is 10.2 Å². The zero-order valence-electron chi connectivity index (χ0n) is 9.25. The van der Waals surface area contributed by atoms with Gasteiger partial charge in [0.2, 0.25) is 5.28 Å². The summed E-state index contributed by atoms with van der Waals surface area (Å²) in [5.41, 5.74) is 0.0587. The fourth-order valence-electron chi connectivity index (χ4n) is 2.45. The number of aromatic nitrogens is 2. The lowest BCUT2D eigenvalue weighted by atomic mass is 9.86. The zero-order valence-corrected chi connectivity index (χ0v) is 10.0. The Kier molecular flexibility index (Phi) is 2.67. The van der Waals surface area contributed by atoms with Gasteiger partial charge in [0.15, 0.2) is 11.6 Å². The molecule has 2 fully saturated rings. The molecule has 17 heavy (non-hydrogen) atoms. The number of ether oxygens (including phenoxy) is 1. The summed E-state index contributed by atoms with van der Waals surface area (Å²) in [5.74, 6) is -0.279. The van der Waals surface area contributed by atoms with Crippen LogP contribution in [0.15, 0.2) is 6.20 Å². The number of anilines is 1. The average molecular weight is 258 g/mol. The maximum absolute atomic E-state index is 13.5. The number of hydrogen-bond acceptors (Lipinski definition) is 4. The van der Waals surface area contributed by atoms with Gasteiger partial charge in [0, 0.05) is 6.04 Å². The maximum atomic E-state index is 13.5. The Balaban J connectivity index is 1.71. The van der Waals surface area contributed by atoms with Crippen LogP contribution in [0.5, 0.6) is 0 Å². The van der Waals surface area contributed by atoms with Gasteiger partial charge in [0.25, 0.3) is 0 Å². The summed E-state index contributed by atoms with van der Waals surface area (Å²) in [6, 6.07) is 0.201. The van der Waals surface area contributed by atoms with Gasteiger partial charge in [-0.3, -0.25) is 0 Å². The second kappa shape index (κ2) is 4.07. The lowest BCUT2D eigenvalue weighted by Gasteiger charge is -2.28. The number of hydrogen-bond donors (Lipinski definition) is 1. The Morgan fingerprint density at radius 2 is 2.41 bits per heavy atom. The summed E-state index contributed by atoms with van der Waals surface area (Å²) in [6.45, 7) is 0.832. The number of epoxide rings is 1. The van der Waals surface area contributed by atoms with Crippen LogP contribution in [-0.4, -0.2) is 28.2 Å². The molecule has 1 saturated carbocycles. The molecule has 0 radical (unpaired) electrons. The second-order valence-corrected chi connectivity index (χ2v) is 5.08. The van der Waals surface area contributed by atoms with Crippen molar-refractivity contribution in [1.29, 1.82) is 0 Å². The third-order valence-corrected chi connectivity index (χ3v) is 3.59. The first-order valence-electron chi connectivity index (χ1n) is 5.75. The molecule has 1 aliphatic heterocycles. The van der Waals surface area contributed by atoms with E-state index in [1.54, 1.807) is 0 Å². The summed E-state index contributed by atoms with van der Waals surface area (Å²) in [5, 5.41) is 3.15. The summed E-state index contributed by atoms with van der Waals surface area (Å²) in [4.78, 5) is 7.45. The Labute approximate surface area is 104 Å². The molecule has 1 aromatic rings. The van der Waals surface area contributed by atoms with Crippen molar-refractivity contribution in [3.63, 3.8) is 0 Å². The van der Waals surface area contributed by atoms with Crippen LogP contribution in [-0.2, 0) is 4.74 Å². The molecular formula is C11H13ClFN3O. The molecule has 1 unspecified atom stereocenters. The van der Waals surface area contributed by atoms with Gasteiger partial charge in [-0.1, -0.05) is 0 Å². The number of halogens is 2. The van der Waals surface area contributed by atoms with Gasteiger partial charge in [-0.25, -0.2) is 9.37 Å². The first-order valence-corrected chi connectivity index (χ1v) is 6.13. The largest absolute Gasteiger partial charge is 0.370 e. The fourth-order valence-corrected chi connectivity index (χ4v) is 2.58. The molecule has 2 heterocycles. The van der Waals surface area contributed by atoms with Crippen molar-refractivity contribution < 1.29 is 9.13 Å². The Morgan fingerprint density at radius 3 is 3.18 bits per heavy atom. The molecule has 2 aliphatic rings. The standard InChI is InChI=1S/C11H13ClFN3O/c12-10-14-5-8(13)9(16-10)15-7-2-1-3-11(4-7)6-17-11/h5,7H,1-4,6H2,(H,14,15,16)/t7-,11?/m0/s1. The van der Waals surface area contributed by atoms with Gasteiger partial charge >= 0.3 is 0 Å². The maximum Gasteiger partial charge on any atom is 0.224 e. The van der Waals surface area contributed by atoms with E-state index in [9.17, 15) is 4.39 Å². The Bertz CT molecular complexity index is 439. The van der Waals surface area contributed by atoms with Crippen LogP contribution in [0.2, 0.25) is 5.28 Å². The van der Waals surface area contributed by atoms with Gasteiger partial charge in [-0.05, 0) is 37.3 Å². The van der Waals surface area contributed by atoms with E-state index in [-0.39, 0.29) is 22.7 Å². The summed E-state index contributed by atoms with van der Waals surface area (Å²) >= 11 is 5.65. The molecule has 1 saturated heterocycles. The van der Waals surface area contributed by atoms with Crippen LogP contribution in [0.25, 0.3) is 0 Å². The van der Waals surface area contributed by atoms with Crippen LogP contribution in [0, 0.1) is 5.82 Å². The van der Waals surface area contributed by atoms with E-state index in [0.29, 0.717) is 0 Å². The van der Waals surface area contributed by atoms with E-state index in [1.165, 1.54) is 0 Å². The monoisotopic (exact) mass is 257 g/mol. The molecule has 0 aromatic carbocycles. The van der Waals surface area contributed by atoms with Gasteiger partial charge in [-0.2, -0.15) is 4.98 Å². The topological polar surface area (TPSA) is 50.3 Å². The molecular weight excluding hydrogens is 245 g/mol. The van der Waals surface area contributed by atoms with Crippen molar-refractivity contribution in [2.45, 2.75) is 37.3 Å². The third kappa shape index (κ3) is 2.35. The molecule has 1 aliphatic carbocycles. The molecule has 1 spiro atoms. The highest BCUT2D eigenvalue weighted by Gasteiger charge is 2.48. The molecule has 4 nitrogen and oxygen atoms in total. The van der Waals surface area contributed by atoms with Crippen molar-refractivity contribution >= 4 is 17.4 Å². The van der Waals surface area contributed by atoms with Gasteiger partial charge in [-0.15, -0.1) is 0 Å². The smallest absolute Gasteiger partial charge is 0.224 e. The van der Waals surface area contributed by atoms with Gasteiger partial charge in [0.1, 0.15) is 0 Å². The van der Waals surface area contributed by atoms with E-state index in [0.717, 1.165) is 38.5 Å². The molecule has 1 aromatic heterocycles. The Morgan fingerprint density at radius 1 is 1.59 bits per heavy atom. The minimum Gasteiger partial charge on any atom is -0.370 e. The highest BCUT2D eigenvalue weighted by Crippen LogP contribution is 2.42. The first-order chi connectivity index (χ1) is 8.17. The van der Waals surface area contributed by atoms with Gasteiger partial charge in [0.05, 0.1) is 18.4 Å². The van der Waals surface area contributed by atoms with Crippen LogP contribution >= 0.6 is 11.6 Å². The normalized spacial score (nSPS) is 31.5. The summed E-state index contributed by atoms with van der Waals surface area (Å²) in [6.07, 6.45) is 5.21. The second-order valence-electron chi connectivity index (χ2n) is 4.74. The van der Waals surface area contributed by atoms with E-state index in [1.807, 2.05) is 0 Å². The lowest BCUT2D eigenvalue weighted by molar-refractivity contribution is 0.226. The fraction of sp³-hybridized carbons (Fsp3) is 0.636. The predicted octanol–water partition coefficient (Wildman–Crippen LogP) is 2.39. The average Bonchev–Trinajstić information content (AvgIpc) is 3.03. The zero-order chi connectivity index (χ0) is 11.9. The number of nitrogens with zero attached hydrogens (tertiary/aromatic N) is 2. The predicted molar refractivity (Wildman–Crippen MR) is 61.6 cm³/mol. The Hall–Kier alpha value is -0.940. The van der Waals surface area contributed by atoms with Crippen LogP contribution in [0.1, 0.15) is 25.7 Å². The van der Waals surface area contributed by atoms with Crippen molar-refractivity contribution in [3.05, 3.63) is 17.3 Å². The number of rotatable bonds is 2. The first kappa shape index (κ1) is 11.2. The van der Waals surface area contributed by atoms with Crippen molar-refractivity contribution in [2.24, 2.45) is 0 Å². The minimum absolute atomic E-state index is 0.0575. The molecule has 3 rings (SSSR count). The van der Waals surface area contributed by atoms with Gasteiger partial charge < -0.3 is 10.1 Å². The SMILES string of the molecule is Fc1cnc(Cl)nc1N[C@H]1CCCC2(CO2)C1. The van der Waals surface area contributed by atoms with E-state index >= 15 is 0 Å². The summed E-state index contributed by atoms with van der Waals surface area (Å²) < 4.78 is 18.9. The van der Waals surface area contributed by atoms with Crippen LogP contribution in [0.3, 0.4) is 0 Å². The molecule has 92 valence electrons.